The smallest absolute Gasteiger partial charge is 0.160 e. The van der Waals surface area contributed by atoms with E-state index in [1.165, 1.54) is 0 Å². The van der Waals surface area contributed by atoms with E-state index in [9.17, 15) is 4.79 Å². The van der Waals surface area contributed by atoms with E-state index in [-0.39, 0.29) is 5.78 Å². The number of nitrogens with two attached hydrogens (primary N) is 1. The van der Waals surface area contributed by atoms with E-state index in [1.54, 1.807) is 42.9 Å². The van der Waals surface area contributed by atoms with Crippen molar-refractivity contribution < 1.29 is 9.21 Å². The molecule has 0 fully saturated rings. The standard InChI is InChI=1S/C14H13NO2/c15-13-4-1-11(2-5-13)3-6-14(16)9-12-7-8-17-10-12/h1-8,10H,9,15H2/b6-3+. The van der Waals surface area contributed by atoms with Crippen molar-refractivity contribution in [1.29, 1.82) is 0 Å². The van der Waals surface area contributed by atoms with E-state index >= 15 is 0 Å². The average Bonchev–Trinajstić information content (AvgIpc) is 2.81. The Morgan fingerprint density at radius 2 is 2.00 bits per heavy atom. The average molecular weight is 227 g/mol. The molecule has 0 aliphatic carbocycles. The molecule has 0 aliphatic rings. The van der Waals surface area contributed by atoms with Crippen molar-refractivity contribution in [3.05, 3.63) is 60.1 Å². The Morgan fingerprint density at radius 3 is 2.65 bits per heavy atom. The highest BCUT2D eigenvalue weighted by atomic mass is 16.3. The number of carbonyl (C=O) groups excluding carboxylic acids is 1. The molecule has 1 aromatic carbocycles. The van der Waals surface area contributed by atoms with Crippen LogP contribution in [0.4, 0.5) is 5.69 Å². The molecule has 2 aromatic rings. The van der Waals surface area contributed by atoms with Crippen LogP contribution >= 0.6 is 0 Å². The summed E-state index contributed by atoms with van der Waals surface area (Å²) in [5, 5.41) is 0. The first-order valence-electron chi connectivity index (χ1n) is 5.31. The van der Waals surface area contributed by atoms with Crippen molar-refractivity contribution >= 4 is 17.5 Å². The molecular weight excluding hydrogens is 214 g/mol. The first-order chi connectivity index (χ1) is 8.24. The molecule has 0 spiro atoms. The summed E-state index contributed by atoms with van der Waals surface area (Å²) in [7, 11) is 0. The van der Waals surface area contributed by atoms with E-state index in [0.29, 0.717) is 12.1 Å². The van der Waals surface area contributed by atoms with E-state index in [1.807, 2.05) is 12.1 Å². The fourth-order valence-electron chi connectivity index (χ4n) is 1.45. The van der Waals surface area contributed by atoms with Gasteiger partial charge in [0.05, 0.1) is 12.5 Å². The summed E-state index contributed by atoms with van der Waals surface area (Å²) < 4.78 is 4.90. The third kappa shape index (κ3) is 3.34. The molecule has 2 rings (SSSR count). The van der Waals surface area contributed by atoms with Gasteiger partial charge in [-0.2, -0.15) is 0 Å². The molecule has 0 radical (unpaired) electrons. The van der Waals surface area contributed by atoms with Gasteiger partial charge in [-0.05, 0) is 35.4 Å². The maximum absolute atomic E-state index is 11.6. The number of allylic oxidation sites excluding steroid dienone is 1. The highest BCUT2D eigenvalue weighted by Crippen LogP contribution is 2.08. The van der Waals surface area contributed by atoms with Gasteiger partial charge in [0.2, 0.25) is 0 Å². The van der Waals surface area contributed by atoms with Gasteiger partial charge in [0.15, 0.2) is 5.78 Å². The Kier molecular flexibility index (Phi) is 3.40. The third-order valence-electron chi connectivity index (χ3n) is 2.36. The van der Waals surface area contributed by atoms with Gasteiger partial charge >= 0.3 is 0 Å². The number of rotatable bonds is 4. The minimum Gasteiger partial charge on any atom is -0.472 e. The first kappa shape index (κ1) is 11.2. The van der Waals surface area contributed by atoms with Crippen molar-refractivity contribution in [2.24, 2.45) is 0 Å². The Morgan fingerprint density at radius 1 is 1.24 bits per heavy atom. The van der Waals surface area contributed by atoms with E-state index in [2.05, 4.69) is 0 Å². The second-order valence-electron chi connectivity index (χ2n) is 3.77. The first-order valence-corrected chi connectivity index (χ1v) is 5.31. The molecule has 0 atom stereocenters. The number of carbonyl (C=O) groups is 1. The minimum atomic E-state index is 0.0447. The molecular formula is C14H13NO2. The van der Waals surface area contributed by atoms with Gasteiger partial charge in [-0.15, -0.1) is 0 Å². The molecule has 0 unspecified atom stereocenters. The maximum atomic E-state index is 11.6. The van der Waals surface area contributed by atoms with Crippen LogP contribution in [0.15, 0.2) is 53.4 Å². The molecule has 2 N–H and O–H groups in total. The zero-order chi connectivity index (χ0) is 12.1. The summed E-state index contributed by atoms with van der Waals surface area (Å²) >= 11 is 0. The van der Waals surface area contributed by atoms with Gasteiger partial charge in [-0.25, -0.2) is 0 Å². The largest absolute Gasteiger partial charge is 0.472 e. The number of benzene rings is 1. The summed E-state index contributed by atoms with van der Waals surface area (Å²) in [5.74, 6) is 0.0447. The monoisotopic (exact) mass is 227 g/mol. The molecule has 0 saturated heterocycles. The van der Waals surface area contributed by atoms with Crippen molar-refractivity contribution in [3.8, 4) is 0 Å². The van der Waals surface area contributed by atoms with Crippen LogP contribution in [0.2, 0.25) is 0 Å². The van der Waals surface area contributed by atoms with Crippen molar-refractivity contribution in [3.63, 3.8) is 0 Å². The van der Waals surface area contributed by atoms with Crippen LogP contribution in [-0.2, 0) is 11.2 Å². The topological polar surface area (TPSA) is 56.2 Å². The molecule has 1 heterocycles. The van der Waals surface area contributed by atoms with Crippen LogP contribution in [0.5, 0.6) is 0 Å². The number of ketones is 1. The molecule has 0 amide bonds. The number of anilines is 1. The SMILES string of the molecule is Nc1ccc(/C=C/C(=O)Cc2ccoc2)cc1. The second-order valence-corrected chi connectivity index (χ2v) is 3.77. The van der Waals surface area contributed by atoms with Crippen LogP contribution in [0, 0.1) is 0 Å². The van der Waals surface area contributed by atoms with Gasteiger partial charge < -0.3 is 10.2 Å². The van der Waals surface area contributed by atoms with Crippen LogP contribution in [0.25, 0.3) is 6.08 Å². The van der Waals surface area contributed by atoms with Crippen LogP contribution < -0.4 is 5.73 Å². The predicted molar refractivity (Wildman–Crippen MR) is 67.3 cm³/mol. The van der Waals surface area contributed by atoms with E-state index < -0.39 is 0 Å². The van der Waals surface area contributed by atoms with E-state index in [0.717, 1.165) is 11.1 Å². The van der Waals surface area contributed by atoms with Gasteiger partial charge in [0.1, 0.15) is 0 Å². The predicted octanol–water partition coefficient (Wildman–Crippen LogP) is 2.69. The third-order valence-corrected chi connectivity index (χ3v) is 2.36. The molecule has 3 nitrogen and oxygen atoms in total. The van der Waals surface area contributed by atoms with Crippen molar-refractivity contribution in [1.82, 2.24) is 0 Å². The number of furan rings is 1. The molecule has 86 valence electrons. The van der Waals surface area contributed by atoms with Gasteiger partial charge in [-0.3, -0.25) is 4.79 Å². The van der Waals surface area contributed by atoms with Crippen molar-refractivity contribution in [2.75, 3.05) is 5.73 Å². The lowest BCUT2D eigenvalue weighted by atomic mass is 10.1. The lowest BCUT2D eigenvalue weighted by molar-refractivity contribution is -0.113. The van der Waals surface area contributed by atoms with Gasteiger partial charge in [-0.1, -0.05) is 18.2 Å². The number of nitrogen functional groups attached to an aromatic ring is 1. The van der Waals surface area contributed by atoms with Crippen LogP contribution in [0.1, 0.15) is 11.1 Å². The minimum absolute atomic E-state index is 0.0447. The van der Waals surface area contributed by atoms with Crippen LogP contribution in [0.3, 0.4) is 0 Å². The number of hydrogen-bond donors (Lipinski definition) is 1. The Labute approximate surface area is 99.6 Å². The normalized spacial score (nSPS) is 10.8. The van der Waals surface area contributed by atoms with Crippen LogP contribution in [-0.4, -0.2) is 5.78 Å². The maximum Gasteiger partial charge on any atom is 0.160 e. The molecule has 1 aromatic heterocycles. The Balaban J connectivity index is 1.96. The second kappa shape index (κ2) is 5.16. The van der Waals surface area contributed by atoms with Gasteiger partial charge in [0.25, 0.3) is 0 Å². The Bertz CT molecular complexity index is 510. The molecule has 0 bridgehead atoms. The zero-order valence-corrected chi connectivity index (χ0v) is 9.30. The molecule has 0 aliphatic heterocycles. The summed E-state index contributed by atoms with van der Waals surface area (Å²) in [4.78, 5) is 11.6. The lowest BCUT2D eigenvalue weighted by Crippen LogP contribution is -1.96. The fourth-order valence-corrected chi connectivity index (χ4v) is 1.45. The zero-order valence-electron chi connectivity index (χ0n) is 9.30. The van der Waals surface area contributed by atoms with E-state index in [4.69, 9.17) is 10.2 Å². The summed E-state index contributed by atoms with van der Waals surface area (Å²) in [6, 6.07) is 9.14. The Hall–Kier alpha value is -2.29. The quantitative estimate of drug-likeness (QED) is 0.645. The fraction of sp³-hybridized carbons (Fsp3) is 0.0714. The summed E-state index contributed by atoms with van der Waals surface area (Å²) in [6.07, 6.45) is 6.85. The summed E-state index contributed by atoms with van der Waals surface area (Å²) in [6.45, 7) is 0. The lowest BCUT2D eigenvalue weighted by Gasteiger charge is -1.95. The molecule has 0 saturated carbocycles. The highest BCUT2D eigenvalue weighted by molar-refractivity contribution is 5.95. The van der Waals surface area contributed by atoms with Crippen molar-refractivity contribution in [2.45, 2.75) is 6.42 Å². The van der Waals surface area contributed by atoms with Gasteiger partial charge in [0, 0.05) is 12.1 Å². The number of hydrogen-bond acceptors (Lipinski definition) is 3. The molecule has 3 heteroatoms. The highest BCUT2D eigenvalue weighted by Gasteiger charge is 2.00. The summed E-state index contributed by atoms with van der Waals surface area (Å²) in [5.41, 5.74) is 8.13. The molecule has 17 heavy (non-hydrogen) atoms.